The van der Waals surface area contributed by atoms with Crippen LogP contribution in [0.5, 0.6) is 0 Å². The SMILES string of the molecule is CC(C)(C)OC(=O)c1c(-c2ccccc2)nsc1-c1ccccc1C(F)(F)F. The van der Waals surface area contributed by atoms with Crippen LogP contribution in [0.2, 0.25) is 0 Å². The summed E-state index contributed by atoms with van der Waals surface area (Å²) < 4.78 is 50.4. The molecule has 0 aliphatic carbocycles. The van der Waals surface area contributed by atoms with Gasteiger partial charge in [-0.2, -0.15) is 17.5 Å². The highest BCUT2D eigenvalue weighted by molar-refractivity contribution is 7.10. The molecule has 0 fully saturated rings. The Morgan fingerprint density at radius 3 is 2.18 bits per heavy atom. The lowest BCUT2D eigenvalue weighted by atomic mass is 9.99. The third-order valence-electron chi connectivity index (χ3n) is 3.82. The number of hydrogen-bond acceptors (Lipinski definition) is 4. The van der Waals surface area contributed by atoms with E-state index in [1.165, 1.54) is 18.2 Å². The van der Waals surface area contributed by atoms with Gasteiger partial charge in [-0.05, 0) is 38.4 Å². The number of carbonyl (C=O) groups excluding carboxylic acids is 1. The molecule has 0 spiro atoms. The van der Waals surface area contributed by atoms with E-state index < -0.39 is 23.3 Å². The second kappa shape index (κ2) is 7.39. The number of alkyl halides is 3. The zero-order valence-corrected chi connectivity index (χ0v) is 16.3. The molecule has 0 bridgehead atoms. The molecule has 0 atom stereocenters. The van der Waals surface area contributed by atoms with Gasteiger partial charge in [-0.1, -0.05) is 48.5 Å². The van der Waals surface area contributed by atoms with Crippen LogP contribution in [-0.2, 0) is 10.9 Å². The van der Waals surface area contributed by atoms with Crippen molar-refractivity contribution in [2.24, 2.45) is 0 Å². The summed E-state index contributed by atoms with van der Waals surface area (Å²) in [4.78, 5) is 13.1. The Balaban J connectivity index is 2.24. The Kier molecular flexibility index (Phi) is 5.30. The molecule has 0 N–H and O–H groups in total. The lowest BCUT2D eigenvalue weighted by Crippen LogP contribution is -2.24. The number of aromatic nitrogens is 1. The first-order chi connectivity index (χ1) is 13.1. The molecule has 1 heterocycles. The van der Waals surface area contributed by atoms with Crippen LogP contribution in [0.3, 0.4) is 0 Å². The third-order valence-corrected chi connectivity index (χ3v) is 4.70. The molecule has 0 radical (unpaired) electrons. The largest absolute Gasteiger partial charge is 0.456 e. The van der Waals surface area contributed by atoms with E-state index >= 15 is 0 Å². The average molecular weight is 405 g/mol. The maximum absolute atomic E-state index is 13.5. The number of benzene rings is 2. The van der Waals surface area contributed by atoms with Gasteiger partial charge in [0.25, 0.3) is 0 Å². The summed E-state index contributed by atoms with van der Waals surface area (Å²) >= 11 is 0.858. The van der Waals surface area contributed by atoms with Gasteiger partial charge < -0.3 is 4.74 Å². The summed E-state index contributed by atoms with van der Waals surface area (Å²) in [7, 11) is 0. The van der Waals surface area contributed by atoms with E-state index in [-0.39, 0.29) is 16.0 Å². The lowest BCUT2D eigenvalue weighted by Gasteiger charge is -2.20. The Labute approximate surface area is 165 Å². The molecule has 0 aliphatic heterocycles. The minimum absolute atomic E-state index is 0.0443. The highest BCUT2D eigenvalue weighted by Crippen LogP contribution is 2.42. The van der Waals surface area contributed by atoms with Gasteiger partial charge in [0.2, 0.25) is 0 Å². The highest BCUT2D eigenvalue weighted by Gasteiger charge is 2.36. The number of hydrogen-bond donors (Lipinski definition) is 0. The van der Waals surface area contributed by atoms with Crippen LogP contribution < -0.4 is 0 Å². The minimum Gasteiger partial charge on any atom is -0.456 e. The summed E-state index contributed by atoms with van der Waals surface area (Å²) in [6.45, 7) is 5.11. The Bertz CT molecular complexity index is 989. The number of carbonyl (C=O) groups is 1. The zero-order chi connectivity index (χ0) is 20.5. The fourth-order valence-corrected chi connectivity index (χ4v) is 3.64. The maximum Gasteiger partial charge on any atom is 0.417 e. The van der Waals surface area contributed by atoms with Crippen molar-refractivity contribution in [1.82, 2.24) is 4.37 Å². The standard InChI is InChI=1S/C21H18F3NO2S/c1-20(2,3)27-19(26)16-17(13-9-5-4-6-10-13)25-28-18(16)14-11-7-8-12-15(14)21(22,23)24/h4-12H,1-3H3. The summed E-state index contributed by atoms with van der Waals surface area (Å²) in [5.74, 6) is -0.702. The highest BCUT2D eigenvalue weighted by atomic mass is 32.1. The maximum atomic E-state index is 13.5. The second-order valence-corrected chi connectivity index (χ2v) is 7.92. The molecule has 2 aromatic carbocycles. The molecule has 3 nitrogen and oxygen atoms in total. The average Bonchev–Trinajstić information content (AvgIpc) is 3.05. The number of halogens is 3. The summed E-state index contributed by atoms with van der Waals surface area (Å²) in [5.41, 5.74) is -0.711. The van der Waals surface area contributed by atoms with E-state index in [9.17, 15) is 18.0 Å². The van der Waals surface area contributed by atoms with Crippen LogP contribution in [0.15, 0.2) is 54.6 Å². The van der Waals surface area contributed by atoms with Crippen molar-refractivity contribution in [3.63, 3.8) is 0 Å². The van der Waals surface area contributed by atoms with Crippen LogP contribution in [0.4, 0.5) is 13.2 Å². The molecule has 0 amide bonds. The second-order valence-electron chi connectivity index (χ2n) is 7.15. The fraction of sp³-hybridized carbons (Fsp3) is 0.238. The van der Waals surface area contributed by atoms with E-state index in [1.807, 2.05) is 6.07 Å². The van der Waals surface area contributed by atoms with Gasteiger partial charge in [-0.3, -0.25) is 0 Å². The van der Waals surface area contributed by atoms with Gasteiger partial charge in [0.1, 0.15) is 11.2 Å². The molecule has 0 saturated heterocycles. The number of rotatable bonds is 3. The quantitative estimate of drug-likeness (QED) is 0.470. The van der Waals surface area contributed by atoms with Crippen molar-refractivity contribution >= 4 is 17.5 Å². The summed E-state index contributed by atoms with van der Waals surface area (Å²) in [6.07, 6.45) is -4.56. The smallest absolute Gasteiger partial charge is 0.417 e. The fourth-order valence-electron chi connectivity index (χ4n) is 2.71. The molecule has 0 unspecified atom stereocenters. The lowest BCUT2D eigenvalue weighted by molar-refractivity contribution is -0.137. The van der Waals surface area contributed by atoms with Gasteiger partial charge in [0, 0.05) is 11.1 Å². The molecule has 0 aliphatic rings. The van der Waals surface area contributed by atoms with E-state index in [4.69, 9.17) is 4.74 Å². The third kappa shape index (κ3) is 4.25. The van der Waals surface area contributed by atoms with Crippen LogP contribution in [0.25, 0.3) is 21.7 Å². The predicted molar refractivity (Wildman–Crippen MR) is 103 cm³/mol. The van der Waals surface area contributed by atoms with Gasteiger partial charge >= 0.3 is 12.1 Å². The first kappa shape index (κ1) is 20.1. The summed E-state index contributed by atoms with van der Waals surface area (Å²) in [5, 5.41) is 0. The normalized spacial score (nSPS) is 12.1. The zero-order valence-electron chi connectivity index (χ0n) is 15.5. The summed E-state index contributed by atoms with van der Waals surface area (Å²) in [6, 6.07) is 14.0. The van der Waals surface area contributed by atoms with Gasteiger partial charge in [-0.15, -0.1) is 0 Å². The molecule has 7 heteroatoms. The number of ether oxygens (including phenoxy) is 1. The molecular formula is C21H18F3NO2S. The Morgan fingerprint density at radius 2 is 1.57 bits per heavy atom. The molecule has 146 valence electrons. The van der Waals surface area contributed by atoms with Crippen molar-refractivity contribution in [3.05, 3.63) is 65.7 Å². The Morgan fingerprint density at radius 1 is 0.964 bits per heavy atom. The van der Waals surface area contributed by atoms with Crippen molar-refractivity contribution < 1.29 is 22.7 Å². The van der Waals surface area contributed by atoms with Crippen molar-refractivity contribution in [2.75, 3.05) is 0 Å². The van der Waals surface area contributed by atoms with Crippen molar-refractivity contribution in [2.45, 2.75) is 32.5 Å². The first-order valence-corrected chi connectivity index (χ1v) is 9.30. The molecule has 3 aromatic rings. The molecular weight excluding hydrogens is 387 g/mol. The Hall–Kier alpha value is -2.67. The van der Waals surface area contributed by atoms with Crippen molar-refractivity contribution in [1.29, 1.82) is 0 Å². The van der Waals surface area contributed by atoms with Crippen LogP contribution in [-0.4, -0.2) is 15.9 Å². The van der Waals surface area contributed by atoms with Crippen LogP contribution >= 0.6 is 11.5 Å². The minimum atomic E-state index is -4.56. The number of nitrogens with zero attached hydrogens (tertiary/aromatic N) is 1. The molecule has 0 saturated carbocycles. The van der Waals surface area contributed by atoms with Gasteiger partial charge in [0.15, 0.2) is 0 Å². The number of esters is 1. The van der Waals surface area contributed by atoms with Gasteiger partial charge in [0.05, 0.1) is 16.1 Å². The predicted octanol–water partition coefficient (Wildman–Crippen LogP) is 6.45. The van der Waals surface area contributed by atoms with E-state index in [2.05, 4.69) is 4.37 Å². The van der Waals surface area contributed by atoms with Crippen molar-refractivity contribution in [3.8, 4) is 21.7 Å². The molecule has 3 rings (SSSR count). The topological polar surface area (TPSA) is 39.2 Å². The van der Waals surface area contributed by atoms with E-state index in [0.717, 1.165) is 17.6 Å². The van der Waals surface area contributed by atoms with Crippen LogP contribution in [0.1, 0.15) is 36.7 Å². The van der Waals surface area contributed by atoms with Gasteiger partial charge in [-0.25, -0.2) is 4.79 Å². The molecule has 28 heavy (non-hydrogen) atoms. The van der Waals surface area contributed by atoms with E-state index in [1.54, 1.807) is 45.0 Å². The van der Waals surface area contributed by atoms with Crippen LogP contribution in [0, 0.1) is 0 Å². The molecule has 1 aromatic heterocycles. The van der Waals surface area contributed by atoms with E-state index in [0.29, 0.717) is 11.3 Å². The first-order valence-electron chi connectivity index (χ1n) is 8.53. The monoisotopic (exact) mass is 405 g/mol.